The third-order valence-corrected chi connectivity index (χ3v) is 3.22. The zero-order valence-corrected chi connectivity index (χ0v) is 11.2. The zero-order chi connectivity index (χ0) is 13.9. The van der Waals surface area contributed by atoms with Crippen LogP contribution in [0.3, 0.4) is 0 Å². The Labute approximate surface area is 110 Å². The minimum atomic E-state index is -3.78. The molecule has 0 aromatic carbocycles. The van der Waals surface area contributed by atoms with Crippen molar-refractivity contribution in [3.05, 3.63) is 35.7 Å². The van der Waals surface area contributed by atoms with Crippen molar-refractivity contribution in [2.75, 3.05) is 0 Å². The molecule has 2 rings (SSSR count). The van der Waals surface area contributed by atoms with Crippen LogP contribution in [-0.2, 0) is 29.5 Å². The first-order valence-electron chi connectivity index (χ1n) is 5.75. The van der Waals surface area contributed by atoms with Crippen LogP contribution < -0.4 is 10.5 Å². The number of primary sulfonamides is 1. The summed E-state index contributed by atoms with van der Waals surface area (Å²) in [5.41, 5.74) is 0. The molecule has 0 atom stereocenters. The molecule has 8 heteroatoms. The average molecular weight is 285 g/mol. The highest BCUT2D eigenvalue weighted by Crippen LogP contribution is 2.12. The number of rotatable bonds is 6. The molecule has 0 aliphatic heterocycles. The van der Waals surface area contributed by atoms with Crippen molar-refractivity contribution in [3.8, 4) is 0 Å². The topological polar surface area (TPSA) is 111 Å². The van der Waals surface area contributed by atoms with Crippen LogP contribution in [0.15, 0.2) is 32.3 Å². The molecule has 0 aliphatic carbocycles. The fraction of sp³-hybridized carbons (Fsp3) is 0.364. The van der Waals surface area contributed by atoms with E-state index in [1.807, 2.05) is 6.92 Å². The number of nitrogens with zero attached hydrogens (tertiary/aromatic N) is 1. The molecule has 104 valence electrons. The van der Waals surface area contributed by atoms with Gasteiger partial charge in [-0.15, -0.1) is 0 Å². The van der Waals surface area contributed by atoms with Crippen LogP contribution in [-0.4, -0.2) is 13.4 Å². The Kier molecular flexibility index (Phi) is 4.03. The van der Waals surface area contributed by atoms with Crippen molar-refractivity contribution in [1.82, 2.24) is 10.3 Å². The Morgan fingerprint density at radius 3 is 2.63 bits per heavy atom. The summed E-state index contributed by atoms with van der Waals surface area (Å²) in [6, 6.07) is 2.88. The number of aromatic nitrogens is 1. The number of furan rings is 1. The van der Waals surface area contributed by atoms with Crippen LogP contribution in [0.25, 0.3) is 0 Å². The van der Waals surface area contributed by atoms with E-state index < -0.39 is 10.0 Å². The van der Waals surface area contributed by atoms with Gasteiger partial charge in [0.25, 0.3) is 10.0 Å². The molecule has 0 spiro atoms. The minimum absolute atomic E-state index is 0.242. The lowest BCUT2D eigenvalue weighted by molar-refractivity contribution is 0.390. The Balaban J connectivity index is 1.87. The second kappa shape index (κ2) is 5.55. The van der Waals surface area contributed by atoms with E-state index in [1.54, 1.807) is 12.3 Å². The largest absolute Gasteiger partial charge is 0.447 e. The van der Waals surface area contributed by atoms with Crippen molar-refractivity contribution < 1.29 is 17.3 Å². The van der Waals surface area contributed by atoms with E-state index >= 15 is 0 Å². The van der Waals surface area contributed by atoms with Crippen molar-refractivity contribution in [2.24, 2.45) is 5.14 Å². The second-order valence-corrected chi connectivity index (χ2v) is 5.44. The maximum absolute atomic E-state index is 11.0. The molecule has 0 aliphatic rings. The number of nitrogens with two attached hydrogens (primary N) is 1. The van der Waals surface area contributed by atoms with E-state index in [9.17, 15) is 8.42 Å². The van der Waals surface area contributed by atoms with E-state index in [0.29, 0.717) is 24.7 Å². The molecule has 2 aromatic heterocycles. The van der Waals surface area contributed by atoms with Crippen LogP contribution in [0, 0.1) is 0 Å². The highest BCUT2D eigenvalue weighted by molar-refractivity contribution is 7.89. The number of sulfonamides is 1. The van der Waals surface area contributed by atoms with Gasteiger partial charge in [0.1, 0.15) is 11.5 Å². The molecular formula is C11H15N3O4S. The average Bonchev–Trinajstić information content (AvgIpc) is 2.96. The minimum Gasteiger partial charge on any atom is -0.447 e. The van der Waals surface area contributed by atoms with Gasteiger partial charge in [-0.3, -0.25) is 0 Å². The monoisotopic (exact) mass is 285 g/mol. The van der Waals surface area contributed by atoms with Gasteiger partial charge in [0.2, 0.25) is 11.0 Å². The first kappa shape index (κ1) is 13.8. The van der Waals surface area contributed by atoms with Gasteiger partial charge >= 0.3 is 0 Å². The SMILES string of the molecule is CCc1cnc(CNCc2ccc(S(N)(=O)=O)o2)o1. The highest BCUT2D eigenvalue weighted by atomic mass is 32.2. The van der Waals surface area contributed by atoms with Gasteiger partial charge in [-0.25, -0.2) is 18.5 Å². The van der Waals surface area contributed by atoms with Gasteiger partial charge < -0.3 is 14.2 Å². The molecule has 0 bridgehead atoms. The molecule has 19 heavy (non-hydrogen) atoms. The summed E-state index contributed by atoms with van der Waals surface area (Å²) in [6.45, 7) is 2.78. The maximum Gasteiger partial charge on any atom is 0.271 e. The summed E-state index contributed by atoms with van der Waals surface area (Å²) in [6.07, 6.45) is 2.48. The Bertz CT molecular complexity index is 644. The lowest BCUT2D eigenvalue weighted by atomic mass is 10.4. The smallest absolute Gasteiger partial charge is 0.271 e. The number of oxazole rings is 1. The number of nitrogens with one attached hydrogen (secondary N) is 1. The predicted molar refractivity (Wildman–Crippen MR) is 66.5 cm³/mol. The van der Waals surface area contributed by atoms with Crippen molar-refractivity contribution in [2.45, 2.75) is 31.5 Å². The number of hydrogen-bond donors (Lipinski definition) is 2. The van der Waals surface area contributed by atoms with E-state index in [4.69, 9.17) is 14.0 Å². The second-order valence-electron chi connectivity index (χ2n) is 3.94. The van der Waals surface area contributed by atoms with E-state index in [2.05, 4.69) is 10.3 Å². The Morgan fingerprint density at radius 1 is 1.26 bits per heavy atom. The predicted octanol–water partition coefficient (Wildman–Crippen LogP) is 0.767. The van der Waals surface area contributed by atoms with Crippen LogP contribution in [0.4, 0.5) is 0 Å². The molecule has 0 fully saturated rings. The van der Waals surface area contributed by atoms with Crippen LogP contribution in [0.5, 0.6) is 0 Å². The van der Waals surface area contributed by atoms with Gasteiger partial charge in [-0.2, -0.15) is 0 Å². The normalized spacial score (nSPS) is 11.9. The number of hydrogen-bond acceptors (Lipinski definition) is 6. The van der Waals surface area contributed by atoms with E-state index in [-0.39, 0.29) is 5.09 Å². The summed E-state index contributed by atoms with van der Waals surface area (Å²) in [4.78, 5) is 4.09. The lowest BCUT2D eigenvalue weighted by Crippen LogP contribution is -2.13. The van der Waals surface area contributed by atoms with Gasteiger partial charge in [0.15, 0.2) is 0 Å². The Morgan fingerprint density at radius 2 is 2.05 bits per heavy atom. The molecule has 0 amide bonds. The van der Waals surface area contributed by atoms with E-state index in [1.165, 1.54) is 6.07 Å². The van der Waals surface area contributed by atoms with Crippen LogP contribution in [0.2, 0.25) is 0 Å². The zero-order valence-electron chi connectivity index (χ0n) is 10.4. The molecule has 3 N–H and O–H groups in total. The Hall–Kier alpha value is -1.64. The van der Waals surface area contributed by atoms with Crippen molar-refractivity contribution >= 4 is 10.0 Å². The molecule has 0 saturated heterocycles. The van der Waals surface area contributed by atoms with Gasteiger partial charge in [0.05, 0.1) is 19.3 Å². The third kappa shape index (κ3) is 3.66. The van der Waals surface area contributed by atoms with E-state index in [0.717, 1.165) is 12.2 Å². The summed E-state index contributed by atoms with van der Waals surface area (Å²) in [7, 11) is -3.78. The fourth-order valence-electron chi connectivity index (χ4n) is 1.49. The lowest BCUT2D eigenvalue weighted by Gasteiger charge is -1.99. The first-order chi connectivity index (χ1) is 8.99. The summed E-state index contributed by atoms with van der Waals surface area (Å²) in [5, 5.41) is 7.73. The maximum atomic E-state index is 11.0. The van der Waals surface area contributed by atoms with Crippen molar-refractivity contribution in [3.63, 3.8) is 0 Å². The highest BCUT2D eigenvalue weighted by Gasteiger charge is 2.13. The molecule has 7 nitrogen and oxygen atoms in total. The van der Waals surface area contributed by atoms with Gasteiger partial charge in [0, 0.05) is 6.42 Å². The summed E-state index contributed by atoms with van der Waals surface area (Å²) in [5.74, 6) is 1.88. The molecule has 2 aromatic rings. The van der Waals surface area contributed by atoms with Crippen LogP contribution in [0.1, 0.15) is 24.3 Å². The van der Waals surface area contributed by atoms with Gasteiger partial charge in [-0.1, -0.05) is 6.92 Å². The molecule has 0 saturated carbocycles. The first-order valence-corrected chi connectivity index (χ1v) is 7.29. The molecular weight excluding hydrogens is 270 g/mol. The quantitative estimate of drug-likeness (QED) is 0.810. The number of aryl methyl sites for hydroxylation is 1. The molecule has 0 radical (unpaired) electrons. The van der Waals surface area contributed by atoms with Crippen molar-refractivity contribution in [1.29, 1.82) is 0 Å². The fourth-order valence-corrected chi connectivity index (χ4v) is 1.97. The standard InChI is InChI=1S/C11H15N3O4S/c1-2-8-6-14-10(17-8)7-13-5-9-3-4-11(18-9)19(12,15)16/h3-4,6,13H,2,5,7H2,1H3,(H2,12,15,16). The third-order valence-electron chi connectivity index (χ3n) is 2.44. The molecule has 0 unspecified atom stereocenters. The van der Waals surface area contributed by atoms with Gasteiger partial charge in [-0.05, 0) is 12.1 Å². The summed E-state index contributed by atoms with van der Waals surface area (Å²) >= 11 is 0. The molecule has 2 heterocycles. The summed E-state index contributed by atoms with van der Waals surface area (Å²) < 4.78 is 32.5. The van der Waals surface area contributed by atoms with Crippen LogP contribution >= 0.6 is 0 Å².